The molecule has 1 aromatic carbocycles. The summed E-state index contributed by atoms with van der Waals surface area (Å²) in [6.07, 6.45) is 3.15. The van der Waals surface area contributed by atoms with E-state index in [1.807, 2.05) is 24.3 Å². The molecular weight excluding hydrogens is 434 g/mol. The molecule has 0 radical (unpaired) electrons. The number of aliphatic hydroxyl groups is 1. The summed E-state index contributed by atoms with van der Waals surface area (Å²) in [5, 5.41) is 14.6. The van der Waals surface area contributed by atoms with Crippen molar-refractivity contribution >= 4 is 33.2 Å². The van der Waals surface area contributed by atoms with Crippen molar-refractivity contribution in [1.82, 2.24) is 15.0 Å². The van der Waals surface area contributed by atoms with E-state index in [1.165, 1.54) is 0 Å². The highest BCUT2D eigenvalue weighted by Gasteiger charge is 2.35. The Morgan fingerprint density at radius 3 is 3.06 bits per heavy atom. The van der Waals surface area contributed by atoms with Crippen LogP contribution in [0.2, 0.25) is 5.02 Å². The molecule has 2 aliphatic heterocycles. The SMILES string of the molecule is CN1CCc2noc(C3Cc4cc(Cl)cc(-c5ccnc6cc(CO)sc56)c4O3)c2C1. The Kier molecular flexibility index (Phi) is 4.54. The summed E-state index contributed by atoms with van der Waals surface area (Å²) in [5.41, 5.74) is 6.06. The molecule has 31 heavy (non-hydrogen) atoms. The number of benzene rings is 1. The third-order valence-corrected chi connectivity index (χ3v) is 7.42. The first-order valence-corrected chi connectivity index (χ1v) is 11.4. The predicted octanol–water partition coefficient (Wildman–Crippen LogP) is 4.76. The highest BCUT2D eigenvalue weighted by atomic mass is 35.5. The molecular formula is C23H20ClN3O3S. The van der Waals surface area contributed by atoms with Crippen LogP contribution >= 0.6 is 22.9 Å². The maximum absolute atomic E-state index is 9.57. The largest absolute Gasteiger partial charge is 0.481 e. The van der Waals surface area contributed by atoms with Crippen LogP contribution in [0.3, 0.4) is 0 Å². The van der Waals surface area contributed by atoms with E-state index in [4.69, 9.17) is 20.9 Å². The van der Waals surface area contributed by atoms with Gasteiger partial charge in [-0.15, -0.1) is 11.3 Å². The third kappa shape index (κ3) is 3.15. The Balaban J connectivity index is 1.44. The van der Waals surface area contributed by atoms with Crippen molar-refractivity contribution in [2.75, 3.05) is 13.6 Å². The number of aliphatic hydroxyl groups excluding tert-OH is 1. The van der Waals surface area contributed by atoms with Crippen LogP contribution in [0.5, 0.6) is 5.75 Å². The van der Waals surface area contributed by atoms with Crippen molar-refractivity contribution in [1.29, 1.82) is 0 Å². The van der Waals surface area contributed by atoms with Crippen LogP contribution in [0.4, 0.5) is 0 Å². The van der Waals surface area contributed by atoms with Crippen LogP contribution in [-0.4, -0.2) is 33.7 Å². The summed E-state index contributed by atoms with van der Waals surface area (Å²) >= 11 is 8.06. The average molecular weight is 454 g/mol. The maximum atomic E-state index is 9.57. The van der Waals surface area contributed by atoms with Gasteiger partial charge < -0.3 is 19.3 Å². The fraction of sp³-hybridized carbons (Fsp3) is 0.304. The molecule has 0 saturated carbocycles. The molecule has 0 saturated heterocycles. The van der Waals surface area contributed by atoms with Gasteiger partial charge in [-0.3, -0.25) is 4.98 Å². The highest BCUT2D eigenvalue weighted by molar-refractivity contribution is 7.19. The monoisotopic (exact) mass is 453 g/mol. The van der Waals surface area contributed by atoms with E-state index in [2.05, 4.69) is 22.1 Å². The van der Waals surface area contributed by atoms with Crippen molar-refractivity contribution in [3.05, 3.63) is 62.9 Å². The fourth-order valence-corrected chi connectivity index (χ4v) is 5.81. The number of ether oxygens (including phenoxy) is 1. The Morgan fingerprint density at radius 2 is 2.19 bits per heavy atom. The summed E-state index contributed by atoms with van der Waals surface area (Å²) in [5.74, 6) is 1.65. The predicted molar refractivity (Wildman–Crippen MR) is 120 cm³/mol. The average Bonchev–Trinajstić information content (AvgIpc) is 3.47. The number of thiophene rings is 1. The van der Waals surface area contributed by atoms with E-state index in [0.29, 0.717) is 11.4 Å². The minimum atomic E-state index is -0.219. The van der Waals surface area contributed by atoms with Crippen LogP contribution in [0.15, 0.2) is 35.0 Å². The number of aromatic nitrogens is 2. The minimum Gasteiger partial charge on any atom is -0.481 e. The molecule has 8 heteroatoms. The molecule has 6 nitrogen and oxygen atoms in total. The van der Waals surface area contributed by atoms with Gasteiger partial charge in [0.15, 0.2) is 11.9 Å². The van der Waals surface area contributed by atoms with Crippen LogP contribution in [0.25, 0.3) is 21.3 Å². The zero-order chi connectivity index (χ0) is 21.1. The van der Waals surface area contributed by atoms with Crippen molar-refractivity contribution in [2.45, 2.75) is 32.1 Å². The smallest absolute Gasteiger partial charge is 0.182 e. The second-order valence-corrected chi connectivity index (χ2v) is 9.73. The number of halogens is 1. The van der Waals surface area contributed by atoms with Gasteiger partial charge in [-0.2, -0.15) is 0 Å². The minimum absolute atomic E-state index is 0.00224. The Hall–Kier alpha value is -2.45. The highest BCUT2D eigenvalue weighted by Crippen LogP contribution is 2.48. The number of hydrogen-bond acceptors (Lipinski definition) is 7. The second-order valence-electron chi connectivity index (χ2n) is 8.16. The number of pyridine rings is 1. The van der Waals surface area contributed by atoms with E-state index in [0.717, 1.165) is 74.1 Å². The summed E-state index contributed by atoms with van der Waals surface area (Å²) in [6.45, 7) is 1.80. The number of nitrogens with zero attached hydrogens (tertiary/aromatic N) is 3. The van der Waals surface area contributed by atoms with Crippen molar-refractivity contribution in [2.24, 2.45) is 0 Å². The molecule has 3 aromatic heterocycles. The normalized spacial score (nSPS) is 18.2. The summed E-state index contributed by atoms with van der Waals surface area (Å²) in [6, 6.07) is 7.82. The van der Waals surface area contributed by atoms with Gasteiger partial charge in [0.2, 0.25) is 0 Å². The van der Waals surface area contributed by atoms with Crippen LogP contribution in [0.1, 0.15) is 33.6 Å². The van der Waals surface area contributed by atoms with Crippen LogP contribution in [-0.2, 0) is 26.0 Å². The molecule has 1 atom stereocenters. The Labute approximate surface area is 188 Å². The number of likely N-dealkylation sites (N-methyl/N-ethyl adjacent to an activating group) is 1. The van der Waals surface area contributed by atoms with Crippen molar-refractivity contribution in [3.8, 4) is 16.9 Å². The molecule has 158 valence electrons. The first-order valence-electron chi connectivity index (χ1n) is 10.2. The molecule has 2 aliphatic rings. The number of fused-ring (bicyclic) bond motifs is 3. The molecule has 0 spiro atoms. The molecule has 1 N–H and O–H groups in total. The van der Waals surface area contributed by atoms with Crippen molar-refractivity contribution < 1.29 is 14.4 Å². The molecule has 0 amide bonds. The van der Waals surface area contributed by atoms with E-state index in [1.54, 1.807) is 17.5 Å². The summed E-state index contributed by atoms with van der Waals surface area (Å²) < 4.78 is 13.3. The number of rotatable bonds is 3. The molecule has 1 unspecified atom stereocenters. The van der Waals surface area contributed by atoms with Gasteiger partial charge in [0.25, 0.3) is 0 Å². The fourth-order valence-electron chi connectivity index (χ4n) is 4.57. The zero-order valence-electron chi connectivity index (χ0n) is 16.9. The molecule has 0 aliphatic carbocycles. The Morgan fingerprint density at radius 1 is 1.29 bits per heavy atom. The lowest BCUT2D eigenvalue weighted by molar-refractivity contribution is 0.187. The Bertz CT molecular complexity index is 1320. The lowest BCUT2D eigenvalue weighted by Crippen LogP contribution is -2.27. The van der Waals surface area contributed by atoms with E-state index < -0.39 is 0 Å². The molecule has 0 fully saturated rings. The van der Waals surface area contributed by atoms with Gasteiger partial charge in [-0.25, -0.2) is 0 Å². The molecule has 0 bridgehead atoms. The topological polar surface area (TPSA) is 71.6 Å². The van der Waals surface area contributed by atoms with Gasteiger partial charge in [-0.05, 0) is 31.3 Å². The number of hydrogen-bond donors (Lipinski definition) is 1. The van der Waals surface area contributed by atoms with E-state index in [-0.39, 0.29) is 12.7 Å². The lowest BCUT2D eigenvalue weighted by atomic mass is 9.99. The first-order chi connectivity index (χ1) is 15.1. The second kappa shape index (κ2) is 7.31. The van der Waals surface area contributed by atoms with E-state index >= 15 is 0 Å². The van der Waals surface area contributed by atoms with Gasteiger partial charge in [0.05, 0.1) is 22.5 Å². The van der Waals surface area contributed by atoms with Gasteiger partial charge in [0.1, 0.15) is 5.75 Å². The summed E-state index contributed by atoms with van der Waals surface area (Å²) in [7, 11) is 2.11. The van der Waals surface area contributed by atoms with Crippen LogP contribution in [0, 0.1) is 0 Å². The quantitative estimate of drug-likeness (QED) is 0.482. The van der Waals surface area contributed by atoms with Crippen LogP contribution < -0.4 is 4.74 Å². The summed E-state index contributed by atoms with van der Waals surface area (Å²) in [4.78, 5) is 7.61. The van der Waals surface area contributed by atoms with Gasteiger partial charge in [0, 0.05) is 64.3 Å². The van der Waals surface area contributed by atoms with Gasteiger partial charge in [-0.1, -0.05) is 16.8 Å². The standard InChI is InChI=1S/C23H20ClN3O3S/c1-27-5-3-18-17(10-27)22(30-26-18)20-7-12-6-13(24)8-16(21(12)29-20)15-2-4-25-19-9-14(11-28)31-23(15)19/h2,4,6,8-9,20,28H,3,5,7,10-11H2,1H3. The zero-order valence-corrected chi connectivity index (χ0v) is 18.5. The van der Waals surface area contributed by atoms with E-state index in [9.17, 15) is 5.11 Å². The first kappa shape index (κ1) is 19.3. The molecule has 4 aromatic rings. The molecule has 5 heterocycles. The van der Waals surface area contributed by atoms with Crippen molar-refractivity contribution in [3.63, 3.8) is 0 Å². The maximum Gasteiger partial charge on any atom is 0.182 e. The van der Waals surface area contributed by atoms with Gasteiger partial charge >= 0.3 is 0 Å². The molecule has 6 rings (SSSR count). The lowest BCUT2D eigenvalue weighted by Gasteiger charge is -2.22. The third-order valence-electron chi connectivity index (χ3n) is 6.06.